The molecule has 0 saturated heterocycles. The van der Waals surface area contributed by atoms with Gasteiger partial charge in [-0.3, -0.25) is 0 Å². The van der Waals surface area contributed by atoms with E-state index >= 15 is 0 Å². The molecular formula is C18H22O2. The van der Waals surface area contributed by atoms with E-state index in [1.54, 1.807) is 18.2 Å². The fourth-order valence-electron chi connectivity index (χ4n) is 2.66. The maximum absolute atomic E-state index is 10.1. The molecule has 0 bridgehead atoms. The predicted octanol–water partition coefficient (Wildman–Crippen LogP) is 4.67. The van der Waals surface area contributed by atoms with Gasteiger partial charge in [-0.2, -0.15) is 0 Å². The van der Waals surface area contributed by atoms with E-state index in [0.29, 0.717) is 5.75 Å². The zero-order valence-corrected chi connectivity index (χ0v) is 12.2. The Labute approximate surface area is 120 Å². The van der Waals surface area contributed by atoms with Crippen molar-refractivity contribution >= 4 is 0 Å². The Hall–Kier alpha value is -1.96. The highest BCUT2D eigenvalue weighted by Gasteiger charge is 2.13. The largest absolute Gasteiger partial charge is 0.508 e. The van der Waals surface area contributed by atoms with Crippen LogP contribution in [0, 0.1) is 0 Å². The van der Waals surface area contributed by atoms with Crippen LogP contribution in [0.25, 0.3) is 11.1 Å². The Kier molecular flexibility index (Phi) is 4.67. The fourth-order valence-corrected chi connectivity index (χ4v) is 2.66. The topological polar surface area (TPSA) is 40.5 Å². The molecule has 0 aromatic heterocycles. The van der Waals surface area contributed by atoms with Crippen molar-refractivity contribution in [1.29, 1.82) is 0 Å². The van der Waals surface area contributed by atoms with Gasteiger partial charge in [-0.25, -0.2) is 0 Å². The zero-order valence-electron chi connectivity index (χ0n) is 12.2. The SMILES string of the molecule is CCCc1c(O)ccc(-c2ccc(O)cc2)c1CCC. The van der Waals surface area contributed by atoms with Gasteiger partial charge in [0, 0.05) is 0 Å². The first-order chi connectivity index (χ1) is 9.67. The molecule has 0 aliphatic heterocycles. The first kappa shape index (κ1) is 14.4. The highest BCUT2D eigenvalue weighted by Crippen LogP contribution is 2.34. The van der Waals surface area contributed by atoms with E-state index in [2.05, 4.69) is 13.8 Å². The molecule has 0 unspecified atom stereocenters. The lowest BCUT2D eigenvalue weighted by atomic mass is 9.90. The van der Waals surface area contributed by atoms with Gasteiger partial charge in [-0.15, -0.1) is 0 Å². The number of benzene rings is 2. The lowest BCUT2D eigenvalue weighted by Crippen LogP contribution is -1.98. The maximum Gasteiger partial charge on any atom is 0.119 e. The van der Waals surface area contributed by atoms with E-state index in [1.807, 2.05) is 18.2 Å². The number of aromatic hydroxyl groups is 2. The predicted molar refractivity (Wildman–Crippen MR) is 83.2 cm³/mol. The van der Waals surface area contributed by atoms with E-state index in [-0.39, 0.29) is 5.75 Å². The zero-order chi connectivity index (χ0) is 14.5. The molecule has 0 amide bonds. The third-order valence-electron chi connectivity index (χ3n) is 3.58. The van der Waals surface area contributed by atoms with Crippen molar-refractivity contribution in [2.45, 2.75) is 39.5 Å². The minimum absolute atomic E-state index is 0.276. The summed E-state index contributed by atoms with van der Waals surface area (Å²) >= 11 is 0. The van der Waals surface area contributed by atoms with Gasteiger partial charge in [0.1, 0.15) is 11.5 Å². The number of rotatable bonds is 5. The highest BCUT2D eigenvalue weighted by atomic mass is 16.3. The second kappa shape index (κ2) is 6.47. The van der Waals surface area contributed by atoms with Gasteiger partial charge >= 0.3 is 0 Å². The molecule has 106 valence electrons. The average molecular weight is 270 g/mol. The van der Waals surface area contributed by atoms with Crippen LogP contribution in [0.2, 0.25) is 0 Å². The Bertz CT molecular complexity index is 571. The standard InChI is InChI=1S/C18H22O2/c1-3-5-16-15(13-7-9-14(19)10-8-13)11-12-18(20)17(16)6-4-2/h7-12,19-20H,3-6H2,1-2H3. The Morgan fingerprint density at radius 2 is 1.35 bits per heavy atom. The molecule has 2 aromatic rings. The summed E-state index contributed by atoms with van der Waals surface area (Å²) in [5.41, 5.74) is 4.55. The summed E-state index contributed by atoms with van der Waals surface area (Å²) in [5.74, 6) is 0.677. The molecule has 0 spiro atoms. The second-order valence-electron chi connectivity index (χ2n) is 5.14. The van der Waals surface area contributed by atoms with Crippen LogP contribution in [0.15, 0.2) is 36.4 Å². The monoisotopic (exact) mass is 270 g/mol. The smallest absolute Gasteiger partial charge is 0.119 e. The molecule has 0 fully saturated rings. The van der Waals surface area contributed by atoms with Crippen molar-refractivity contribution in [1.82, 2.24) is 0 Å². The van der Waals surface area contributed by atoms with Gasteiger partial charge in [0.15, 0.2) is 0 Å². The average Bonchev–Trinajstić information content (AvgIpc) is 2.44. The Balaban J connectivity index is 2.56. The van der Waals surface area contributed by atoms with Crippen LogP contribution < -0.4 is 0 Å². The number of phenols is 2. The molecule has 0 radical (unpaired) electrons. The molecule has 2 nitrogen and oxygen atoms in total. The maximum atomic E-state index is 10.1. The van der Waals surface area contributed by atoms with Gasteiger partial charge in [-0.05, 0) is 53.3 Å². The molecule has 2 heteroatoms. The van der Waals surface area contributed by atoms with E-state index in [9.17, 15) is 10.2 Å². The fraction of sp³-hybridized carbons (Fsp3) is 0.333. The molecule has 0 saturated carbocycles. The van der Waals surface area contributed by atoms with Crippen LogP contribution in [-0.2, 0) is 12.8 Å². The Morgan fingerprint density at radius 1 is 0.750 bits per heavy atom. The molecular weight excluding hydrogens is 248 g/mol. The van der Waals surface area contributed by atoms with E-state index in [0.717, 1.165) is 42.4 Å². The molecule has 0 atom stereocenters. The third kappa shape index (κ3) is 2.96. The normalized spacial score (nSPS) is 10.7. The summed E-state index contributed by atoms with van der Waals surface area (Å²) in [5, 5.41) is 19.5. The molecule has 0 aliphatic carbocycles. The lowest BCUT2D eigenvalue weighted by molar-refractivity contribution is 0.466. The summed E-state index contributed by atoms with van der Waals surface area (Å²) < 4.78 is 0. The highest BCUT2D eigenvalue weighted by molar-refractivity contribution is 5.71. The minimum Gasteiger partial charge on any atom is -0.508 e. The van der Waals surface area contributed by atoms with Crippen molar-refractivity contribution in [3.8, 4) is 22.6 Å². The van der Waals surface area contributed by atoms with Gasteiger partial charge in [-0.1, -0.05) is 44.9 Å². The van der Waals surface area contributed by atoms with Crippen LogP contribution in [0.1, 0.15) is 37.8 Å². The quantitative estimate of drug-likeness (QED) is 0.828. The van der Waals surface area contributed by atoms with E-state index in [4.69, 9.17) is 0 Å². The van der Waals surface area contributed by atoms with Crippen LogP contribution in [0.4, 0.5) is 0 Å². The lowest BCUT2D eigenvalue weighted by Gasteiger charge is -2.16. The number of phenolic OH excluding ortho intramolecular Hbond substituents is 2. The van der Waals surface area contributed by atoms with Crippen molar-refractivity contribution in [3.05, 3.63) is 47.5 Å². The Morgan fingerprint density at radius 3 is 1.95 bits per heavy atom. The van der Waals surface area contributed by atoms with Crippen molar-refractivity contribution in [2.75, 3.05) is 0 Å². The van der Waals surface area contributed by atoms with Crippen molar-refractivity contribution in [2.24, 2.45) is 0 Å². The third-order valence-corrected chi connectivity index (χ3v) is 3.58. The van der Waals surface area contributed by atoms with Crippen molar-refractivity contribution in [3.63, 3.8) is 0 Å². The van der Waals surface area contributed by atoms with Crippen LogP contribution in [-0.4, -0.2) is 10.2 Å². The molecule has 2 N–H and O–H groups in total. The van der Waals surface area contributed by atoms with E-state index < -0.39 is 0 Å². The summed E-state index contributed by atoms with van der Waals surface area (Å²) in [6, 6.07) is 11.0. The summed E-state index contributed by atoms with van der Waals surface area (Å²) in [6.45, 7) is 4.28. The van der Waals surface area contributed by atoms with Gasteiger partial charge in [0.2, 0.25) is 0 Å². The van der Waals surface area contributed by atoms with Crippen LogP contribution >= 0.6 is 0 Å². The number of hydrogen-bond acceptors (Lipinski definition) is 2. The molecule has 20 heavy (non-hydrogen) atoms. The molecule has 2 rings (SSSR count). The van der Waals surface area contributed by atoms with Crippen molar-refractivity contribution < 1.29 is 10.2 Å². The summed E-state index contributed by atoms with van der Waals surface area (Å²) in [6.07, 6.45) is 3.92. The molecule has 0 heterocycles. The first-order valence-electron chi connectivity index (χ1n) is 7.30. The molecule has 2 aromatic carbocycles. The van der Waals surface area contributed by atoms with Gasteiger partial charge in [0.05, 0.1) is 0 Å². The van der Waals surface area contributed by atoms with Crippen LogP contribution in [0.5, 0.6) is 11.5 Å². The van der Waals surface area contributed by atoms with Gasteiger partial charge in [0.25, 0.3) is 0 Å². The number of hydrogen-bond donors (Lipinski definition) is 2. The summed E-state index contributed by atoms with van der Waals surface area (Å²) in [4.78, 5) is 0. The molecule has 0 aliphatic rings. The van der Waals surface area contributed by atoms with Crippen LogP contribution in [0.3, 0.4) is 0 Å². The van der Waals surface area contributed by atoms with Gasteiger partial charge < -0.3 is 10.2 Å². The first-order valence-corrected chi connectivity index (χ1v) is 7.30. The minimum atomic E-state index is 0.276. The van der Waals surface area contributed by atoms with E-state index in [1.165, 1.54) is 5.56 Å². The second-order valence-corrected chi connectivity index (χ2v) is 5.14. The summed E-state index contributed by atoms with van der Waals surface area (Å²) in [7, 11) is 0.